The lowest BCUT2D eigenvalue weighted by molar-refractivity contribution is 0.530. The van der Waals surface area contributed by atoms with Gasteiger partial charge in [-0.15, -0.1) is 0 Å². The van der Waals surface area contributed by atoms with E-state index in [2.05, 4.69) is 17.0 Å². The first-order valence-corrected chi connectivity index (χ1v) is 8.86. The van der Waals surface area contributed by atoms with Gasteiger partial charge in [-0.05, 0) is 49.9 Å². The average molecular weight is 296 g/mol. The summed E-state index contributed by atoms with van der Waals surface area (Å²) in [5, 5.41) is 3.23. The number of hydrogen-bond donors (Lipinski definition) is 2. The van der Waals surface area contributed by atoms with E-state index in [9.17, 15) is 8.42 Å². The summed E-state index contributed by atoms with van der Waals surface area (Å²) in [7, 11) is -3.39. The van der Waals surface area contributed by atoms with Crippen molar-refractivity contribution in [2.45, 2.75) is 50.5 Å². The normalized spacial score (nSPS) is 16.9. The van der Waals surface area contributed by atoms with E-state index >= 15 is 0 Å². The molecule has 0 radical (unpaired) electrons. The zero-order valence-corrected chi connectivity index (χ0v) is 13.0. The summed E-state index contributed by atoms with van der Waals surface area (Å²) in [5.41, 5.74) is 0.955. The second-order valence-corrected chi connectivity index (χ2v) is 7.37. The van der Waals surface area contributed by atoms with Crippen LogP contribution in [0.5, 0.6) is 0 Å². The molecule has 1 aromatic carbocycles. The number of anilines is 1. The summed E-state index contributed by atoms with van der Waals surface area (Å²) in [5.74, 6) is 0.716. The average Bonchev–Trinajstić information content (AvgIpc) is 3.20. The quantitative estimate of drug-likeness (QED) is 0.775. The van der Waals surface area contributed by atoms with Gasteiger partial charge in [0.1, 0.15) is 0 Å². The molecule has 1 fully saturated rings. The van der Waals surface area contributed by atoms with Gasteiger partial charge in [0, 0.05) is 18.3 Å². The van der Waals surface area contributed by atoms with Crippen molar-refractivity contribution in [1.82, 2.24) is 4.72 Å². The van der Waals surface area contributed by atoms with E-state index < -0.39 is 10.0 Å². The number of nitrogens with one attached hydrogen (secondary N) is 2. The van der Waals surface area contributed by atoms with Crippen molar-refractivity contribution in [2.75, 3.05) is 11.9 Å². The SMILES string of the molecule is CCCNc1ccc(S(=O)(=O)NC(C)CC2CC2)cc1. The highest BCUT2D eigenvalue weighted by molar-refractivity contribution is 7.89. The van der Waals surface area contributed by atoms with Crippen LogP contribution < -0.4 is 10.0 Å². The summed E-state index contributed by atoms with van der Waals surface area (Å²) in [6, 6.07) is 6.95. The highest BCUT2D eigenvalue weighted by Crippen LogP contribution is 2.33. The largest absolute Gasteiger partial charge is 0.385 e. The maximum absolute atomic E-state index is 12.2. The van der Waals surface area contributed by atoms with Crippen LogP contribution in [0.1, 0.15) is 39.5 Å². The molecule has 0 aliphatic heterocycles. The Kier molecular flexibility index (Phi) is 5.05. The van der Waals surface area contributed by atoms with Gasteiger partial charge in [-0.25, -0.2) is 13.1 Å². The predicted molar refractivity (Wildman–Crippen MR) is 82.3 cm³/mol. The molecule has 5 heteroatoms. The van der Waals surface area contributed by atoms with Crippen LogP contribution in [0.15, 0.2) is 29.2 Å². The second kappa shape index (κ2) is 6.59. The number of rotatable bonds is 8. The van der Waals surface area contributed by atoms with Gasteiger partial charge in [-0.3, -0.25) is 0 Å². The Hall–Kier alpha value is -1.07. The molecular weight excluding hydrogens is 272 g/mol. The van der Waals surface area contributed by atoms with Crippen molar-refractivity contribution >= 4 is 15.7 Å². The third-order valence-electron chi connectivity index (χ3n) is 3.48. The van der Waals surface area contributed by atoms with Crippen LogP contribution in [0.25, 0.3) is 0 Å². The lowest BCUT2D eigenvalue weighted by Gasteiger charge is -2.14. The number of hydrogen-bond acceptors (Lipinski definition) is 3. The molecular formula is C15H24N2O2S. The standard InChI is InChI=1S/C15H24N2O2S/c1-3-10-16-14-6-8-15(9-7-14)20(18,19)17-12(2)11-13-4-5-13/h6-9,12-13,16-17H,3-5,10-11H2,1-2H3. The fraction of sp³-hybridized carbons (Fsp3) is 0.600. The van der Waals surface area contributed by atoms with Crippen LogP contribution in [0.3, 0.4) is 0 Å². The van der Waals surface area contributed by atoms with Gasteiger partial charge in [0.05, 0.1) is 4.90 Å². The molecule has 1 aliphatic carbocycles. The zero-order valence-electron chi connectivity index (χ0n) is 12.2. The fourth-order valence-corrected chi connectivity index (χ4v) is 3.51. The van der Waals surface area contributed by atoms with Crippen LogP contribution in [-0.2, 0) is 10.0 Å². The Balaban J connectivity index is 1.97. The Morgan fingerprint density at radius 2 is 1.90 bits per heavy atom. The van der Waals surface area contributed by atoms with Crippen molar-refractivity contribution in [2.24, 2.45) is 5.92 Å². The van der Waals surface area contributed by atoms with Gasteiger partial charge in [0.2, 0.25) is 10.0 Å². The first-order chi connectivity index (χ1) is 9.51. The molecule has 0 aromatic heterocycles. The van der Waals surface area contributed by atoms with Gasteiger partial charge in [0.15, 0.2) is 0 Å². The molecule has 0 spiro atoms. The topological polar surface area (TPSA) is 58.2 Å². The minimum Gasteiger partial charge on any atom is -0.385 e. The van der Waals surface area contributed by atoms with E-state index in [1.807, 2.05) is 19.1 Å². The van der Waals surface area contributed by atoms with Crippen LogP contribution in [0.2, 0.25) is 0 Å². The minimum absolute atomic E-state index is 0.00499. The van der Waals surface area contributed by atoms with E-state index in [0.717, 1.165) is 25.1 Å². The number of benzene rings is 1. The Labute approximate surface area is 122 Å². The first-order valence-electron chi connectivity index (χ1n) is 7.37. The monoisotopic (exact) mass is 296 g/mol. The van der Waals surface area contributed by atoms with Crippen molar-refractivity contribution in [3.05, 3.63) is 24.3 Å². The van der Waals surface area contributed by atoms with Gasteiger partial charge >= 0.3 is 0 Å². The third kappa shape index (κ3) is 4.49. The molecule has 2 rings (SSSR count). The van der Waals surface area contributed by atoms with Crippen molar-refractivity contribution in [3.63, 3.8) is 0 Å². The van der Waals surface area contributed by atoms with Crippen LogP contribution in [0, 0.1) is 5.92 Å². The maximum atomic E-state index is 12.2. The van der Waals surface area contributed by atoms with Crippen molar-refractivity contribution in [3.8, 4) is 0 Å². The number of sulfonamides is 1. The van der Waals surface area contributed by atoms with Gasteiger partial charge < -0.3 is 5.32 Å². The van der Waals surface area contributed by atoms with Gasteiger partial charge in [-0.2, -0.15) is 0 Å². The molecule has 1 atom stereocenters. The zero-order chi connectivity index (χ0) is 14.6. The van der Waals surface area contributed by atoms with Gasteiger partial charge in [0.25, 0.3) is 0 Å². The summed E-state index contributed by atoms with van der Waals surface area (Å²) in [6.07, 6.45) is 4.46. The second-order valence-electron chi connectivity index (χ2n) is 5.65. The molecule has 0 saturated heterocycles. The van der Waals surface area contributed by atoms with E-state index in [0.29, 0.717) is 10.8 Å². The summed E-state index contributed by atoms with van der Waals surface area (Å²) in [4.78, 5) is 0.335. The predicted octanol–water partition coefficient (Wildman–Crippen LogP) is 2.98. The molecule has 20 heavy (non-hydrogen) atoms. The van der Waals surface area contributed by atoms with Crippen LogP contribution in [-0.4, -0.2) is 21.0 Å². The molecule has 1 aliphatic rings. The Bertz CT molecular complexity index is 521. The Morgan fingerprint density at radius 1 is 1.25 bits per heavy atom. The van der Waals surface area contributed by atoms with E-state index in [-0.39, 0.29) is 6.04 Å². The molecule has 0 bridgehead atoms. The summed E-state index contributed by atoms with van der Waals surface area (Å²) in [6.45, 7) is 4.92. The van der Waals surface area contributed by atoms with E-state index in [4.69, 9.17) is 0 Å². The minimum atomic E-state index is -3.39. The molecule has 0 amide bonds. The maximum Gasteiger partial charge on any atom is 0.240 e. The summed E-state index contributed by atoms with van der Waals surface area (Å²) < 4.78 is 27.2. The van der Waals surface area contributed by atoms with Crippen molar-refractivity contribution in [1.29, 1.82) is 0 Å². The molecule has 1 aromatic rings. The fourth-order valence-electron chi connectivity index (χ4n) is 2.26. The third-order valence-corrected chi connectivity index (χ3v) is 5.09. The first kappa shape index (κ1) is 15.3. The van der Waals surface area contributed by atoms with Crippen LogP contribution >= 0.6 is 0 Å². The molecule has 1 saturated carbocycles. The molecule has 2 N–H and O–H groups in total. The van der Waals surface area contributed by atoms with E-state index in [1.165, 1.54) is 12.8 Å². The Morgan fingerprint density at radius 3 is 2.45 bits per heavy atom. The highest BCUT2D eigenvalue weighted by atomic mass is 32.2. The molecule has 4 nitrogen and oxygen atoms in total. The molecule has 112 valence electrons. The molecule has 1 unspecified atom stereocenters. The lowest BCUT2D eigenvalue weighted by Crippen LogP contribution is -2.32. The van der Waals surface area contributed by atoms with Crippen molar-refractivity contribution < 1.29 is 8.42 Å². The lowest BCUT2D eigenvalue weighted by atomic mass is 10.2. The van der Waals surface area contributed by atoms with Crippen LogP contribution in [0.4, 0.5) is 5.69 Å². The molecule has 0 heterocycles. The van der Waals surface area contributed by atoms with Gasteiger partial charge in [-0.1, -0.05) is 19.8 Å². The van der Waals surface area contributed by atoms with E-state index in [1.54, 1.807) is 12.1 Å². The highest BCUT2D eigenvalue weighted by Gasteiger charge is 2.26. The summed E-state index contributed by atoms with van der Waals surface area (Å²) >= 11 is 0. The smallest absolute Gasteiger partial charge is 0.240 e.